The number of benzene rings is 1. The van der Waals surface area contributed by atoms with Crippen molar-refractivity contribution in [2.75, 3.05) is 7.05 Å². The molecule has 0 fully saturated rings. The molecule has 0 aliphatic heterocycles. The Bertz CT molecular complexity index is 548. The maximum atomic E-state index is 6.08. The highest BCUT2D eigenvalue weighted by molar-refractivity contribution is 6.31. The molecule has 2 rings (SSSR count). The van der Waals surface area contributed by atoms with Crippen molar-refractivity contribution in [3.8, 4) is 0 Å². The molecule has 0 saturated carbocycles. The predicted molar refractivity (Wildman–Crippen MR) is 79.5 cm³/mol. The summed E-state index contributed by atoms with van der Waals surface area (Å²) >= 11 is 6.08. The summed E-state index contributed by atoms with van der Waals surface area (Å²) < 4.78 is 1.93. The van der Waals surface area contributed by atoms with E-state index in [1.54, 1.807) is 0 Å². The summed E-state index contributed by atoms with van der Waals surface area (Å²) in [6, 6.07) is 8.64. The van der Waals surface area contributed by atoms with Crippen LogP contribution < -0.4 is 5.32 Å². The molecule has 1 heterocycles. The number of aryl methyl sites for hydroxylation is 3. The molecule has 3 nitrogen and oxygen atoms in total. The van der Waals surface area contributed by atoms with Gasteiger partial charge in [-0.25, -0.2) is 0 Å². The van der Waals surface area contributed by atoms with Crippen molar-refractivity contribution < 1.29 is 0 Å². The minimum atomic E-state index is 0.339. The van der Waals surface area contributed by atoms with Gasteiger partial charge in [0.2, 0.25) is 0 Å². The van der Waals surface area contributed by atoms with Gasteiger partial charge in [-0.15, -0.1) is 0 Å². The highest BCUT2D eigenvalue weighted by Gasteiger charge is 2.11. The van der Waals surface area contributed by atoms with E-state index in [9.17, 15) is 0 Å². The maximum absolute atomic E-state index is 6.08. The van der Waals surface area contributed by atoms with E-state index < -0.39 is 0 Å². The van der Waals surface area contributed by atoms with Gasteiger partial charge in [-0.1, -0.05) is 23.7 Å². The average molecular weight is 278 g/mol. The first-order chi connectivity index (χ1) is 9.11. The highest BCUT2D eigenvalue weighted by atomic mass is 35.5. The largest absolute Gasteiger partial charge is 0.313 e. The number of rotatable bonds is 5. The van der Waals surface area contributed by atoms with Crippen molar-refractivity contribution >= 4 is 11.6 Å². The lowest BCUT2D eigenvalue weighted by Crippen LogP contribution is -2.17. The first-order valence-electron chi connectivity index (χ1n) is 6.52. The zero-order valence-corrected chi connectivity index (χ0v) is 12.4. The third-order valence-corrected chi connectivity index (χ3v) is 3.97. The topological polar surface area (TPSA) is 29.9 Å². The van der Waals surface area contributed by atoms with Gasteiger partial charge in [-0.05, 0) is 50.1 Å². The van der Waals surface area contributed by atoms with Gasteiger partial charge in [0.1, 0.15) is 0 Å². The van der Waals surface area contributed by atoms with Crippen LogP contribution in [0.5, 0.6) is 0 Å². The highest BCUT2D eigenvalue weighted by Crippen LogP contribution is 2.23. The molecular formula is C15H20ClN3. The van der Waals surface area contributed by atoms with Gasteiger partial charge >= 0.3 is 0 Å². The molecule has 0 saturated heterocycles. The summed E-state index contributed by atoms with van der Waals surface area (Å²) in [5.74, 6) is 0. The Morgan fingerprint density at radius 1 is 1.37 bits per heavy atom. The lowest BCUT2D eigenvalue weighted by Gasteiger charge is -2.17. The predicted octanol–water partition coefficient (Wildman–Crippen LogP) is 3.28. The standard InChI is InChI=1S/C15H20ClN3/c1-11-10-12(4-6-14(11)16)15(17-2)7-5-13-8-9-18-19(13)3/h4,6,8-10,15,17H,5,7H2,1-3H3. The molecule has 0 bridgehead atoms. The summed E-state index contributed by atoms with van der Waals surface area (Å²) in [6.07, 6.45) is 3.89. The SMILES string of the molecule is CNC(CCc1ccnn1C)c1ccc(Cl)c(C)c1. The fourth-order valence-electron chi connectivity index (χ4n) is 2.30. The second-order valence-electron chi connectivity index (χ2n) is 4.83. The number of hydrogen-bond donors (Lipinski definition) is 1. The van der Waals surface area contributed by atoms with E-state index in [4.69, 9.17) is 11.6 Å². The monoisotopic (exact) mass is 277 g/mol. The second-order valence-corrected chi connectivity index (χ2v) is 5.24. The zero-order valence-electron chi connectivity index (χ0n) is 11.7. The van der Waals surface area contributed by atoms with Crippen LogP contribution in [0.2, 0.25) is 5.02 Å². The van der Waals surface area contributed by atoms with Crippen LogP contribution in [-0.2, 0) is 13.5 Å². The minimum absolute atomic E-state index is 0.339. The van der Waals surface area contributed by atoms with Crippen molar-refractivity contribution in [3.63, 3.8) is 0 Å². The first-order valence-corrected chi connectivity index (χ1v) is 6.90. The van der Waals surface area contributed by atoms with Crippen molar-refractivity contribution in [2.45, 2.75) is 25.8 Å². The summed E-state index contributed by atoms with van der Waals surface area (Å²) in [5.41, 5.74) is 3.66. The smallest absolute Gasteiger partial charge is 0.0492 e. The third kappa shape index (κ3) is 3.37. The Hall–Kier alpha value is -1.32. The Morgan fingerprint density at radius 2 is 2.16 bits per heavy atom. The van der Waals surface area contributed by atoms with Crippen LogP contribution in [0.25, 0.3) is 0 Å². The number of nitrogens with one attached hydrogen (secondary N) is 1. The minimum Gasteiger partial charge on any atom is -0.313 e. The molecule has 4 heteroatoms. The first kappa shape index (κ1) is 14.1. The second kappa shape index (κ2) is 6.22. The Balaban J connectivity index is 2.07. The Labute approximate surface area is 119 Å². The van der Waals surface area contributed by atoms with Crippen LogP contribution >= 0.6 is 11.6 Å². The molecule has 0 aliphatic rings. The summed E-state index contributed by atoms with van der Waals surface area (Å²) in [4.78, 5) is 0. The van der Waals surface area contributed by atoms with Gasteiger partial charge in [0.05, 0.1) is 0 Å². The summed E-state index contributed by atoms with van der Waals surface area (Å²) in [6.45, 7) is 2.04. The number of nitrogens with zero attached hydrogens (tertiary/aromatic N) is 2. The van der Waals surface area contributed by atoms with Crippen molar-refractivity contribution in [1.82, 2.24) is 15.1 Å². The van der Waals surface area contributed by atoms with Crippen LogP contribution in [0.15, 0.2) is 30.5 Å². The molecule has 2 aromatic rings. The van der Waals surface area contributed by atoms with Crippen LogP contribution in [0.4, 0.5) is 0 Å². The maximum Gasteiger partial charge on any atom is 0.0492 e. The average Bonchev–Trinajstić information content (AvgIpc) is 2.80. The zero-order chi connectivity index (χ0) is 13.8. The van der Waals surface area contributed by atoms with E-state index in [1.165, 1.54) is 11.3 Å². The van der Waals surface area contributed by atoms with Crippen LogP contribution in [0, 0.1) is 6.92 Å². The third-order valence-electron chi connectivity index (χ3n) is 3.54. The van der Waals surface area contributed by atoms with Crippen molar-refractivity contribution in [1.29, 1.82) is 0 Å². The van der Waals surface area contributed by atoms with E-state index in [1.807, 2.05) is 38.0 Å². The molecule has 19 heavy (non-hydrogen) atoms. The fourth-order valence-corrected chi connectivity index (χ4v) is 2.42. The molecule has 1 unspecified atom stereocenters. The normalized spacial score (nSPS) is 12.6. The summed E-state index contributed by atoms with van der Waals surface area (Å²) in [5, 5.41) is 8.40. The van der Waals surface area contributed by atoms with Gasteiger partial charge < -0.3 is 5.32 Å². The van der Waals surface area contributed by atoms with Crippen LogP contribution in [0.1, 0.15) is 29.3 Å². The van der Waals surface area contributed by atoms with E-state index in [-0.39, 0.29) is 0 Å². The number of halogens is 1. The summed E-state index contributed by atoms with van der Waals surface area (Å²) in [7, 11) is 3.98. The van der Waals surface area contributed by atoms with E-state index in [0.717, 1.165) is 23.4 Å². The van der Waals surface area contributed by atoms with Gasteiger partial charge in [-0.2, -0.15) is 5.10 Å². The molecule has 1 N–H and O–H groups in total. The van der Waals surface area contributed by atoms with E-state index in [2.05, 4.69) is 28.6 Å². The van der Waals surface area contributed by atoms with E-state index >= 15 is 0 Å². The van der Waals surface area contributed by atoms with Gasteiger partial charge in [0.15, 0.2) is 0 Å². The van der Waals surface area contributed by atoms with Gasteiger partial charge in [-0.3, -0.25) is 4.68 Å². The molecule has 102 valence electrons. The number of hydrogen-bond acceptors (Lipinski definition) is 2. The Morgan fingerprint density at radius 3 is 2.74 bits per heavy atom. The van der Waals surface area contributed by atoms with Crippen molar-refractivity contribution in [2.24, 2.45) is 7.05 Å². The van der Waals surface area contributed by atoms with Gasteiger partial charge in [0.25, 0.3) is 0 Å². The molecular weight excluding hydrogens is 258 g/mol. The van der Waals surface area contributed by atoms with Gasteiger partial charge in [0, 0.05) is 30.0 Å². The molecule has 0 amide bonds. The molecule has 1 atom stereocenters. The lowest BCUT2D eigenvalue weighted by atomic mass is 9.99. The number of aromatic nitrogens is 2. The molecule has 0 radical (unpaired) electrons. The van der Waals surface area contributed by atoms with Crippen LogP contribution in [-0.4, -0.2) is 16.8 Å². The quantitative estimate of drug-likeness (QED) is 0.909. The molecule has 1 aromatic carbocycles. The molecule has 1 aromatic heterocycles. The molecule has 0 spiro atoms. The fraction of sp³-hybridized carbons (Fsp3) is 0.400. The molecule has 0 aliphatic carbocycles. The van der Waals surface area contributed by atoms with E-state index in [0.29, 0.717) is 6.04 Å². The Kier molecular flexibility index (Phi) is 4.61. The van der Waals surface area contributed by atoms with Crippen molar-refractivity contribution in [3.05, 3.63) is 52.3 Å². The van der Waals surface area contributed by atoms with Crippen LogP contribution in [0.3, 0.4) is 0 Å². The lowest BCUT2D eigenvalue weighted by molar-refractivity contribution is 0.535.